The number of rotatable bonds is 7. The van der Waals surface area contributed by atoms with E-state index < -0.39 is 10.0 Å². The van der Waals surface area contributed by atoms with Crippen LogP contribution in [0.15, 0.2) is 35.8 Å². The molecule has 136 valence electrons. The first-order chi connectivity index (χ1) is 11.4. The van der Waals surface area contributed by atoms with Crippen molar-refractivity contribution in [1.29, 1.82) is 0 Å². The highest BCUT2D eigenvalue weighted by atomic mass is 32.2. The maximum Gasteiger partial charge on any atom is 0.243 e. The van der Waals surface area contributed by atoms with Gasteiger partial charge in [0.05, 0.1) is 18.1 Å². The number of hydrogen-bond acceptors (Lipinski definition) is 4. The van der Waals surface area contributed by atoms with Crippen LogP contribution in [0.4, 0.5) is 0 Å². The molecule has 2 aliphatic rings. The Kier molecular flexibility index (Phi) is 6.80. The van der Waals surface area contributed by atoms with Crippen LogP contribution in [0.25, 0.3) is 0 Å². The number of sulfonamides is 1. The van der Waals surface area contributed by atoms with Gasteiger partial charge in [0.25, 0.3) is 0 Å². The fourth-order valence-corrected chi connectivity index (χ4v) is 4.96. The quantitative estimate of drug-likeness (QED) is 0.658. The second kappa shape index (κ2) is 8.43. The van der Waals surface area contributed by atoms with E-state index in [2.05, 4.69) is 31.9 Å². The number of likely N-dealkylation sites (tertiary alicyclic amines) is 1. The van der Waals surface area contributed by atoms with E-state index in [0.717, 1.165) is 18.7 Å². The van der Waals surface area contributed by atoms with E-state index in [0.29, 0.717) is 44.7 Å². The molecule has 1 atom stereocenters. The van der Waals surface area contributed by atoms with Gasteiger partial charge in [-0.1, -0.05) is 33.1 Å². The summed E-state index contributed by atoms with van der Waals surface area (Å²) in [6.45, 7) is 16.4. The predicted molar refractivity (Wildman–Crippen MR) is 98.1 cm³/mol. The largest absolute Gasteiger partial charge is 0.379 e. The molecule has 0 spiro atoms. The van der Waals surface area contributed by atoms with Crippen LogP contribution in [0.5, 0.6) is 0 Å². The van der Waals surface area contributed by atoms with E-state index in [1.165, 1.54) is 16.8 Å². The standard InChI is InChI=1S/C18H30N2O3S/c1-5-16(13-19-8-7-17(14-19)15(3)4)18(6-2)24(21,22)20-9-11-23-12-10-20/h5-6,15,17H,1-2,7-14H2,3-4H3/b18-16-. The second-order valence-electron chi connectivity index (χ2n) is 6.84. The molecular formula is C18H30N2O3S. The zero-order valence-electron chi connectivity index (χ0n) is 14.9. The smallest absolute Gasteiger partial charge is 0.243 e. The highest BCUT2D eigenvalue weighted by Crippen LogP contribution is 2.26. The number of allylic oxidation sites excluding steroid dienone is 1. The predicted octanol–water partition coefficient (Wildman–Crippen LogP) is 2.25. The van der Waals surface area contributed by atoms with Crippen LogP contribution in [0.2, 0.25) is 0 Å². The van der Waals surface area contributed by atoms with Crippen LogP contribution < -0.4 is 0 Å². The summed E-state index contributed by atoms with van der Waals surface area (Å²) in [5.74, 6) is 1.33. The van der Waals surface area contributed by atoms with Gasteiger partial charge in [0, 0.05) is 26.2 Å². The van der Waals surface area contributed by atoms with Gasteiger partial charge in [0.15, 0.2) is 0 Å². The average molecular weight is 355 g/mol. The van der Waals surface area contributed by atoms with E-state index >= 15 is 0 Å². The van der Waals surface area contributed by atoms with Gasteiger partial charge >= 0.3 is 0 Å². The number of morpholine rings is 1. The van der Waals surface area contributed by atoms with Gasteiger partial charge in [-0.3, -0.25) is 4.90 Å². The molecule has 0 aromatic rings. The van der Waals surface area contributed by atoms with E-state index in [4.69, 9.17) is 4.74 Å². The summed E-state index contributed by atoms with van der Waals surface area (Å²) in [5, 5.41) is 0. The van der Waals surface area contributed by atoms with Crippen LogP contribution >= 0.6 is 0 Å². The van der Waals surface area contributed by atoms with Gasteiger partial charge in [-0.25, -0.2) is 8.42 Å². The zero-order valence-corrected chi connectivity index (χ0v) is 15.7. The lowest BCUT2D eigenvalue weighted by molar-refractivity contribution is 0.0734. The molecule has 5 nitrogen and oxygen atoms in total. The van der Waals surface area contributed by atoms with Crippen molar-refractivity contribution in [3.05, 3.63) is 35.8 Å². The summed E-state index contributed by atoms with van der Waals surface area (Å²) in [7, 11) is -3.54. The first-order valence-corrected chi connectivity index (χ1v) is 10.1. The Morgan fingerprint density at radius 2 is 1.88 bits per heavy atom. The Morgan fingerprint density at radius 1 is 1.21 bits per heavy atom. The van der Waals surface area contributed by atoms with E-state index in [1.807, 2.05) is 0 Å². The van der Waals surface area contributed by atoms with Crippen molar-refractivity contribution in [3.8, 4) is 0 Å². The van der Waals surface area contributed by atoms with Crippen molar-refractivity contribution < 1.29 is 13.2 Å². The first kappa shape index (κ1) is 19.4. The minimum Gasteiger partial charge on any atom is -0.379 e. The maximum atomic E-state index is 12.9. The van der Waals surface area contributed by atoms with Crippen LogP contribution in [-0.2, 0) is 14.8 Å². The molecule has 2 heterocycles. The second-order valence-corrected chi connectivity index (χ2v) is 8.75. The van der Waals surface area contributed by atoms with Gasteiger partial charge in [0.1, 0.15) is 0 Å². The SMILES string of the molecule is C=C/C(CN1CCC(C(C)C)C1)=C(\C=C)S(=O)(=O)N1CCOCC1. The molecule has 0 aromatic heterocycles. The van der Waals surface area contributed by atoms with Gasteiger partial charge in [-0.15, -0.1) is 0 Å². The number of nitrogens with zero attached hydrogens (tertiary/aromatic N) is 2. The van der Waals surface area contributed by atoms with Crippen molar-refractivity contribution in [2.75, 3.05) is 45.9 Å². The summed E-state index contributed by atoms with van der Waals surface area (Å²) < 4.78 is 32.6. The molecular weight excluding hydrogens is 324 g/mol. The molecule has 0 amide bonds. The third-order valence-electron chi connectivity index (χ3n) is 4.98. The zero-order chi connectivity index (χ0) is 17.7. The number of hydrogen-bond donors (Lipinski definition) is 0. The van der Waals surface area contributed by atoms with Crippen LogP contribution in [0, 0.1) is 11.8 Å². The van der Waals surface area contributed by atoms with Crippen molar-refractivity contribution >= 4 is 10.0 Å². The molecule has 0 saturated carbocycles. The topological polar surface area (TPSA) is 49.9 Å². The Balaban J connectivity index is 2.19. The fourth-order valence-electron chi connectivity index (χ4n) is 3.36. The first-order valence-electron chi connectivity index (χ1n) is 8.68. The molecule has 2 saturated heterocycles. The van der Waals surface area contributed by atoms with Gasteiger partial charge in [-0.2, -0.15) is 4.31 Å². The van der Waals surface area contributed by atoms with Crippen molar-refractivity contribution in [2.45, 2.75) is 20.3 Å². The molecule has 0 aliphatic carbocycles. The van der Waals surface area contributed by atoms with Crippen molar-refractivity contribution in [2.24, 2.45) is 11.8 Å². The molecule has 6 heteroatoms. The fraction of sp³-hybridized carbons (Fsp3) is 0.667. The Bertz CT molecular complexity index is 589. The van der Waals surface area contributed by atoms with Gasteiger partial charge in [0.2, 0.25) is 10.0 Å². The van der Waals surface area contributed by atoms with Crippen LogP contribution in [-0.4, -0.2) is 63.6 Å². The molecule has 2 rings (SSSR count). The van der Waals surface area contributed by atoms with Crippen molar-refractivity contribution in [1.82, 2.24) is 9.21 Å². The molecule has 2 aliphatic heterocycles. The highest BCUT2D eigenvalue weighted by molar-refractivity contribution is 7.93. The summed E-state index contributed by atoms with van der Waals surface area (Å²) in [4.78, 5) is 2.60. The Morgan fingerprint density at radius 3 is 2.38 bits per heavy atom. The summed E-state index contributed by atoms with van der Waals surface area (Å²) in [6, 6.07) is 0. The normalized spacial score (nSPS) is 24.9. The van der Waals surface area contributed by atoms with Crippen LogP contribution in [0.3, 0.4) is 0 Å². The lowest BCUT2D eigenvalue weighted by atomic mass is 9.95. The third-order valence-corrected chi connectivity index (χ3v) is 7.01. The molecule has 0 radical (unpaired) electrons. The minimum absolute atomic E-state index is 0.285. The lowest BCUT2D eigenvalue weighted by Crippen LogP contribution is -2.41. The van der Waals surface area contributed by atoms with Gasteiger partial charge < -0.3 is 4.74 Å². The number of ether oxygens (including phenoxy) is 1. The third kappa shape index (κ3) is 4.36. The molecule has 2 fully saturated rings. The van der Waals surface area contributed by atoms with Gasteiger partial charge in [-0.05, 0) is 36.5 Å². The average Bonchev–Trinajstić information content (AvgIpc) is 3.04. The molecule has 0 aromatic carbocycles. The highest BCUT2D eigenvalue weighted by Gasteiger charge is 2.30. The summed E-state index contributed by atoms with van der Waals surface area (Å²) in [6.07, 6.45) is 4.29. The molecule has 1 unspecified atom stereocenters. The van der Waals surface area contributed by atoms with E-state index in [9.17, 15) is 8.42 Å². The molecule has 0 N–H and O–H groups in total. The molecule has 24 heavy (non-hydrogen) atoms. The molecule has 0 bridgehead atoms. The lowest BCUT2D eigenvalue weighted by Gasteiger charge is -2.28. The summed E-state index contributed by atoms with van der Waals surface area (Å²) in [5.41, 5.74) is 0.737. The Labute approximate surface area is 146 Å². The van der Waals surface area contributed by atoms with Crippen LogP contribution in [0.1, 0.15) is 20.3 Å². The van der Waals surface area contributed by atoms with E-state index in [-0.39, 0.29) is 4.91 Å². The monoisotopic (exact) mass is 354 g/mol. The minimum atomic E-state index is -3.54. The van der Waals surface area contributed by atoms with Crippen molar-refractivity contribution in [3.63, 3.8) is 0 Å². The Hall–Kier alpha value is -0.950. The summed E-state index contributed by atoms with van der Waals surface area (Å²) >= 11 is 0. The van der Waals surface area contributed by atoms with E-state index in [1.54, 1.807) is 6.08 Å². The maximum absolute atomic E-state index is 12.9.